The quantitative estimate of drug-likeness (QED) is 0.517. The summed E-state index contributed by atoms with van der Waals surface area (Å²) in [4.78, 5) is 32.2. The highest BCUT2D eigenvalue weighted by Crippen LogP contribution is 2.39. The summed E-state index contributed by atoms with van der Waals surface area (Å²) >= 11 is 3.30. The van der Waals surface area contributed by atoms with Crippen LogP contribution >= 0.6 is 15.9 Å². The molecule has 2 amide bonds. The minimum Gasteiger partial charge on any atom is -0.339 e. The zero-order valence-corrected chi connectivity index (χ0v) is 20.7. The van der Waals surface area contributed by atoms with Gasteiger partial charge in [0.1, 0.15) is 17.8 Å². The molecule has 1 unspecified atom stereocenters. The largest absolute Gasteiger partial charge is 0.408 e. The predicted octanol–water partition coefficient (Wildman–Crippen LogP) is 3.47. The van der Waals surface area contributed by atoms with Gasteiger partial charge in [0, 0.05) is 42.3 Å². The van der Waals surface area contributed by atoms with Crippen molar-refractivity contribution in [3.8, 4) is 0 Å². The van der Waals surface area contributed by atoms with Crippen LogP contribution in [0.4, 0.5) is 17.6 Å². The van der Waals surface area contributed by atoms with Gasteiger partial charge in [-0.15, -0.1) is 0 Å². The molecule has 36 heavy (non-hydrogen) atoms. The first kappa shape index (κ1) is 26.2. The average Bonchev–Trinajstić information content (AvgIpc) is 3.07. The zero-order valence-electron chi connectivity index (χ0n) is 19.1. The third kappa shape index (κ3) is 5.59. The van der Waals surface area contributed by atoms with Crippen molar-refractivity contribution in [1.82, 2.24) is 14.9 Å². The second-order valence-electron chi connectivity index (χ2n) is 9.00. The molecule has 3 heterocycles. The predicted molar refractivity (Wildman–Crippen MR) is 127 cm³/mol. The van der Waals surface area contributed by atoms with Crippen molar-refractivity contribution in [2.45, 2.75) is 37.9 Å². The Balaban J connectivity index is 1.53. The van der Waals surface area contributed by atoms with Crippen molar-refractivity contribution in [3.63, 3.8) is 0 Å². The minimum absolute atomic E-state index is 0.0153. The van der Waals surface area contributed by atoms with Gasteiger partial charge in [0.05, 0.1) is 11.8 Å². The fraction of sp³-hybridized carbons (Fsp3) is 0.417. The standard InChI is InChI=1S/C24H24BrF4N5O2/c25-18-11-16(26)6-4-15(18)5-7-19(30)21(35)33-10-8-20-23(13-33,12-17-3-1-2-9-31-17)22(36)34(32-20)14-24(27,28)29/h1-4,6,9,11,19H,5,7-8,10,12-14,30H2/t19?,23-/m1/s1. The van der Waals surface area contributed by atoms with Crippen LogP contribution in [-0.4, -0.2) is 64.3 Å². The molecule has 0 radical (unpaired) electrons. The van der Waals surface area contributed by atoms with E-state index in [0.717, 1.165) is 5.56 Å². The van der Waals surface area contributed by atoms with Crippen LogP contribution in [0, 0.1) is 11.2 Å². The van der Waals surface area contributed by atoms with Gasteiger partial charge in [0.15, 0.2) is 0 Å². The van der Waals surface area contributed by atoms with Gasteiger partial charge in [0.2, 0.25) is 5.91 Å². The maximum atomic E-state index is 13.3. The van der Waals surface area contributed by atoms with Crippen LogP contribution in [0.15, 0.2) is 52.2 Å². The molecule has 0 saturated carbocycles. The normalized spacial score (nSPS) is 20.8. The lowest BCUT2D eigenvalue weighted by Gasteiger charge is -2.40. The molecule has 2 aliphatic rings. The Morgan fingerprint density at radius 1 is 1.25 bits per heavy atom. The van der Waals surface area contributed by atoms with Crippen molar-refractivity contribution in [2.24, 2.45) is 16.3 Å². The van der Waals surface area contributed by atoms with Gasteiger partial charge in [0.25, 0.3) is 5.91 Å². The van der Waals surface area contributed by atoms with E-state index in [0.29, 0.717) is 27.3 Å². The first-order valence-corrected chi connectivity index (χ1v) is 12.1. The van der Waals surface area contributed by atoms with Crippen LogP contribution in [0.2, 0.25) is 0 Å². The molecule has 0 bridgehead atoms. The number of piperidine rings is 1. The molecule has 1 fully saturated rings. The SMILES string of the molecule is NC(CCc1ccc(F)cc1Br)C(=O)N1CCC2=NN(CC(F)(F)F)C(=O)[C@]2(Cc2ccccn2)C1. The summed E-state index contributed by atoms with van der Waals surface area (Å²) < 4.78 is 53.3. The summed E-state index contributed by atoms with van der Waals surface area (Å²) in [6, 6.07) is 8.44. The summed E-state index contributed by atoms with van der Waals surface area (Å²) in [6.45, 7) is -1.45. The molecule has 1 saturated heterocycles. The van der Waals surface area contributed by atoms with E-state index in [9.17, 15) is 27.2 Å². The number of halogens is 5. The van der Waals surface area contributed by atoms with Crippen LogP contribution in [0.25, 0.3) is 0 Å². The Morgan fingerprint density at radius 3 is 2.69 bits per heavy atom. The Labute approximate surface area is 213 Å². The lowest BCUT2D eigenvalue weighted by atomic mass is 9.74. The number of carbonyl (C=O) groups excluding carboxylic acids is 2. The van der Waals surface area contributed by atoms with E-state index in [1.807, 2.05) is 0 Å². The number of pyridine rings is 1. The summed E-state index contributed by atoms with van der Waals surface area (Å²) in [7, 11) is 0. The third-order valence-electron chi connectivity index (χ3n) is 6.42. The Morgan fingerprint density at radius 2 is 2.03 bits per heavy atom. The number of hydrazone groups is 1. The number of alkyl halides is 3. The van der Waals surface area contributed by atoms with Crippen LogP contribution in [0.3, 0.4) is 0 Å². The number of nitrogens with two attached hydrogens (primary N) is 1. The van der Waals surface area contributed by atoms with Crippen molar-refractivity contribution >= 4 is 33.5 Å². The second kappa shape index (κ2) is 10.3. The number of benzene rings is 1. The van der Waals surface area contributed by atoms with Crippen molar-refractivity contribution < 1.29 is 27.2 Å². The Hall–Kier alpha value is -2.86. The first-order valence-electron chi connectivity index (χ1n) is 11.3. The number of likely N-dealkylation sites (tertiary alicyclic amines) is 1. The number of carbonyl (C=O) groups is 2. The third-order valence-corrected chi connectivity index (χ3v) is 7.16. The topological polar surface area (TPSA) is 91.9 Å². The maximum absolute atomic E-state index is 13.3. The van der Waals surface area contributed by atoms with E-state index < -0.39 is 41.8 Å². The summed E-state index contributed by atoms with van der Waals surface area (Å²) in [5, 5.41) is 4.48. The van der Waals surface area contributed by atoms with Crippen molar-refractivity contribution in [2.75, 3.05) is 19.6 Å². The van der Waals surface area contributed by atoms with E-state index in [2.05, 4.69) is 26.0 Å². The summed E-state index contributed by atoms with van der Waals surface area (Å²) in [6.07, 6.45) is -2.25. The number of amides is 2. The molecule has 2 aromatic rings. The van der Waals surface area contributed by atoms with Crippen molar-refractivity contribution in [1.29, 1.82) is 0 Å². The van der Waals surface area contributed by atoms with Crippen LogP contribution in [-0.2, 0) is 22.4 Å². The van der Waals surface area contributed by atoms with Gasteiger partial charge in [-0.2, -0.15) is 18.3 Å². The molecule has 4 rings (SSSR count). The number of aryl methyl sites for hydroxylation is 1. The molecule has 2 N–H and O–H groups in total. The molecule has 0 aliphatic carbocycles. The maximum Gasteiger partial charge on any atom is 0.408 e. The van der Waals surface area contributed by atoms with Crippen LogP contribution in [0.5, 0.6) is 0 Å². The van der Waals surface area contributed by atoms with Gasteiger partial charge in [-0.25, -0.2) is 9.40 Å². The molecular weight excluding hydrogens is 546 g/mol. The van der Waals surface area contributed by atoms with E-state index >= 15 is 0 Å². The monoisotopic (exact) mass is 569 g/mol. The smallest absolute Gasteiger partial charge is 0.339 e. The molecule has 1 aromatic carbocycles. The molecule has 2 aliphatic heterocycles. The minimum atomic E-state index is -4.62. The molecule has 1 aromatic heterocycles. The van der Waals surface area contributed by atoms with Gasteiger partial charge in [-0.05, 0) is 42.7 Å². The number of aromatic nitrogens is 1. The number of rotatable bonds is 7. The van der Waals surface area contributed by atoms with E-state index in [1.165, 1.54) is 23.2 Å². The van der Waals surface area contributed by atoms with Gasteiger partial charge in [-0.3, -0.25) is 14.6 Å². The van der Waals surface area contributed by atoms with E-state index in [-0.39, 0.29) is 32.4 Å². The van der Waals surface area contributed by atoms with Gasteiger partial charge in [-0.1, -0.05) is 28.1 Å². The lowest BCUT2D eigenvalue weighted by Crippen LogP contribution is -2.58. The number of hydrogen-bond donors (Lipinski definition) is 1. The average molecular weight is 570 g/mol. The van der Waals surface area contributed by atoms with Crippen LogP contribution < -0.4 is 5.73 Å². The van der Waals surface area contributed by atoms with Gasteiger partial charge >= 0.3 is 6.18 Å². The lowest BCUT2D eigenvalue weighted by molar-refractivity contribution is -0.164. The fourth-order valence-electron chi connectivity index (χ4n) is 4.66. The zero-order chi connectivity index (χ0) is 26.1. The van der Waals surface area contributed by atoms with E-state index in [1.54, 1.807) is 24.3 Å². The number of hydrogen-bond acceptors (Lipinski definition) is 5. The molecule has 192 valence electrons. The Kier molecular flexibility index (Phi) is 7.46. The first-order chi connectivity index (χ1) is 17.0. The second-order valence-corrected chi connectivity index (χ2v) is 9.85. The highest BCUT2D eigenvalue weighted by molar-refractivity contribution is 9.10. The number of nitrogens with zero attached hydrogens (tertiary/aromatic N) is 4. The number of fused-ring (bicyclic) bond motifs is 1. The summed E-state index contributed by atoms with van der Waals surface area (Å²) in [5.74, 6) is -1.60. The molecule has 2 atom stereocenters. The summed E-state index contributed by atoms with van der Waals surface area (Å²) in [5.41, 5.74) is 6.36. The highest BCUT2D eigenvalue weighted by atomic mass is 79.9. The molecule has 0 spiro atoms. The fourth-order valence-corrected chi connectivity index (χ4v) is 5.20. The molecule has 12 heteroatoms. The molecular formula is C24H24BrF4N5O2. The molecule has 7 nitrogen and oxygen atoms in total. The van der Waals surface area contributed by atoms with Crippen LogP contribution in [0.1, 0.15) is 24.1 Å². The highest BCUT2D eigenvalue weighted by Gasteiger charge is 2.56. The van der Waals surface area contributed by atoms with E-state index in [4.69, 9.17) is 5.73 Å². The van der Waals surface area contributed by atoms with Gasteiger partial charge < -0.3 is 10.6 Å². The Bertz CT molecular complexity index is 1180. The van der Waals surface area contributed by atoms with Crippen molar-refractivity contribution in [3.05, 3.63) is 64.1 Å².